The second kappa shape index (κ2) is 6.28. The van der Waals surface area contributed by atoms with E-state index in [1.807, 2.05) is 38.1 Å². The molecule has 2 heterocycles. The second-order valence-electron chi connectivity index (χ2n) is 5.97. The molecule has 1 unspecified atom stereocenters. The molecule has 23 heavy (non-hydrogen) atoms. The van der Waals surface area contributed by atoms with E-state index in [1.54, 1.807) is 23.3 Å². The summed E-state index contributed by atoms with van der Waals surface area (Å²) in [4.78, 5) is 26.9. The molecule has 0 saturated heterocycles. The molecular weight excluding hydrogens is 292 g/mol. The van der Waals surface area contributed by atoms with Crippen LogP contribution in [-0.2, 0) is 22.6 Å². The number of rotatable bonds is 4. The lowest BCUT2D eigenvalue weighted by atomic mass is 9.90. The monoisotopic (exact) mass is 312 g/mol. The van der Waals surface area contributed by atoms with Gasteiger partial charge in [-0.25, -0.2) is 0 Å². The first-order valence-electron chi connectivity index (χ1n) is 7.77. The van der Waals surface area contributed by atoms with E-state index in [9.17, 15) is 9.59 Å². The fourth-order valence-electron chi connectivity index (χ4n) is 3.05. The molecule has 0 bridgehead atoms. The van der Waals surface area contributed by atoms with Gasteiger partial charge in [0.2, 0.25) is 11.8 Å². The number of carbonyl (C=O) groups excluding carboxylic acids is 2. The first kappa shape index (κ1) is 15.3. The van der Waals surface area contributed by atoms with Gasteiger partial charge in [-0.3, -0.25) is 9.59 Å². The Morgan fingerprint density at radius 3 is 2.78 bits per heavy atom. The van der Waals surface area contributed by atoms with Gasteiger partial charge in [0.15, 0.2) is 0 Å². The van der Waals surface area contributed by atoms with Crippen molar-refractivity contribution in [3.05, 3.63) is 59.5 Å². The third-order valence-corrected chi connectivity index (χ3v) is 4.08. The van der Waals surface area contributed by atoms with Crippen LogP contribution in [0.25, 0.3) is 0 Å². The number of nitrogens with zero attached hydrogens (tertiary/aromatic N) is 1. The van der Waals surface area contributed by atoms with Crippen LogP contribution < -0.4 is 5.32 Å². The summed E-state index contributed by atoms with van der Waals surface area (Å²) < 4.78 is 5.24. The van der Waals surface area contributed by atoms with Gasteiger partial charge in [0, 0.05) is 6.04 Å². The van der Waals surface area contributed by atoms with Crippen molar-refractivity contribution < 1.29 is 14.0 Å². The summed E-state index contributed by atoms with van der Waals surface area (Å²) in [6.45, 7) is 4.17. The number of hydrogen-bond acceptors (Lipinski definition) is 3. The Labute approximate surface area is 135 Å². The zero-order chi connectivity index (χ0) is 16.4. The summed E-state index contributed by atoms with van der Waals surface area (Å²) in [6, 6.07) is 10.6. The number of hydrogen-bond donors (Lipinski definition) is 1. The number of benzene rings is 1. The Morgan fingerprint density at radius 1 is 1.30 bits per heavy atom. The minimum Gasteiger partial charge on any atom is -0.467 e. The van der Waals surface area contributed by atoms with Gasteiger partial charge in [0.1, 0.15) is 11.8 Å². The zero-order valence-corrected chi connectivity index (χ0v) is 13.3. The maximum atomic E-state index is 12.8. The summed E-state index contributed by atoms with van der Waals surface area (Å²) in [5, 5.41) is 2.87. The highest BCUT2D eigenvalue weighted by atomic mass is 16.3. The Morgan fingerprint density at radius 2 is 2.09 bits per heavy atom. The predicted octanol–water partition coefficient (Wildman–Crippen LogP) is 2.43. The van der Waals surface area contributed by atoms with Gasteiger partial charge in [-0.05, 0) is 37.1 Å². The van der Waals surface area contributed by atoms with Crippen LogP contribution in [0.15, 0.2) is 47.1 Å². The lowest BCUT2D eigenvalue weighted by Crippen LogP contribution is -2.50. The van der Waals surface area contributed by atoms with Crippen molar-refractivity contribution in [2.45, 2.75) is 38.9 Å². The molecule has 1 aliphatic rings. The maximum absolute atomic E-state index is 12.8. The zero-order valence-electron chi connectivity index (χ0n) is 13.3. The highest BCUT2D eigenvalue weighted by Gasteiger charge is 2.38. The SMILES string of the molecule is CC(C)N1C(=O)Cc2ccccc2C1C(=O)NCc1ccco1. The minimum absolute atomic E-state index is 0.0168. The third-order valence-electron chi connectivity index (χ3n) is 4.08. The van der Waals surface area contributed by atoms with Crippen molar-refractivity contribution >= 4 is 11.8 Å². The van der Waals surface area contributed by atoms with E-state index in [1.165, 1.54) is 0 Å². The smallest absolute Gasteiger partial charge is 0.247 e. The van der Waals surface area contributed by atoms with Gasteiger partial charge in [0.25, 0.3) is 0 Å². The quantitative estimate of drug-likeness (QED) is 0.943. The van der Waals surface area contributed by atoms with Crippen LogP contribution in [-0.4, -0.2) is 22.8 Å². The van der Waals surface area contributed by atoms with Crippen LogP contribution in [0.2, 0.25) is 0 Å². The van der Waals surface area contributed by atoms with Crippen LogP contribution >= 0.6 is 0 Å². The molecule has 0 spiro atoms. The van der Waals surface area contributed by atoms with Gasteiger partial charge < -0.3 is 14.6 Å². The van der Waals surface area contributed by atoms with E-state index in [4.69, 9.17) is 4.42 Å². The van der Waals surface area contributed by atoms with E-state index in [2.05, 4.69) is 5.32 Å². The summed E-state index contributed by atoms with van der Waals surface area (Å²) in [5.74, 6) is 0.484. The van der Waals surface area contributed by atoms with E-state index in [0.29, 0.717) is 18.7 Å². The van der Waals surface area contributed by atoms with Gasteiger partial charge in [-0.2, -0.15) is 0 Å². The van der Waals surface area contributed by atoms with Gasteiger partial charge >= 0.3 is 0 Å². The van der Waals surface area contributed by atoms with Crippen LogP contribution in [0.5, 0.6) is 0 Å². The highest BCUT2D eigenvalue weighted by molar-refractivity contribution is 5.92. The number of nitrogens with one attached hydrogen (secondary N) is 1. The van der Waals surface area contributed by atoms with Crippen LogP contribution in [0.1, 0.15) is 36.8 Å². The molecule has 2 aromatic rings. The molecule has 5 nitrogen and oxygen atoms in total. The highest BCUT2D eigenvalue weighted by Crippen LogP contribution is 2.32. The standard InChI is InChI=1S/C18H20N2O3/c1-12(2)20-16(21)10-13-6-3-4-8-15(13)17(20)18(22)19-11-14-7-5-9-23-14/h3-9,12,17H,10-11H2,1-2H3,(H,19,22). The Kier molecular flexibility index (Phi) is 4.19. The van der Waals surface area contributed by atoms with Crippen molar-refractivity contribution in [3.8, 4) is 0 Å². The largest absolute Gasteiger partial charge is 0.467 e. The summed E-state index contributed by atoms with van der Waals surface area (Å²) >= 11 is 0. The Bertz CT molecular complexity index is 707. The summed E-state index contributed by atoms with van der Waals surface area (Å²) in [6.07, 6.45) is 1.91. The molecule has 0 fully saturated rings. The van der Waals surface area contributed by atoms with Gasteiger partial charge in [-0.15, -0.1) is 0 Å². The van der Waals surface area contributed by atoms with Crippen molar-refractivity contribution in [2.24, 2.45) is 0 Å². The molecule has 1 N–H and O–H groups in total. The van der Waals surface area contributed by atoms with Crippen molar-refractivity contribution in [1.82, 2.24) is 10.2 Å². The van der Waals surface area contributed by atoms with Gasteiger partial charge in [0.05, 0.1) is 19.2 Å². The molecule has 1 aromatic carbocycles. The average Bonchev–Trinajstić information content (AvgIpc) is 3.04. The fourth-order valence-corrected chi connectivity index (χ4v) is 3.05. The molecule has 1 aliphatic heterocycles. The van der Waals surface area contributed by atoms with Crippen molar-refractivity contribution in [1.29, 1.82) is 0 Å². The summed E-state index contributed by atoms with van der Waals surface area (Å²) in [5.41, 5.74) is 1.82. The average molecular weight is 312 g/mol. The first-order valence-corrected chi connectivity index (χ1v) is 7.77. The molecule has 5 heteroatoms. The normalized spacial score (nSPS) is 17.3. The lowest BCUT2D eigenvalue weighted by molar-refractivity contribution is -0.143. The van der Waals surface area contributed by atoms with Crippen LogP contribution in [0.3, 0.4) is 0 Å². The molecule has 1 atom stereocenters. The number of furan rings is 1. The van der Waals surface area contributed by atoms with Crippen LogP contribution in [0, 0.1) is 0 Å². The van der Waals surface area contributed by atoms with Crippen molar-refractivity contribution in [2.75, 3.05) is 0 Å². The minimum atomic E-state index is -0.595. The van der Waals surface area contributed by atoms with E-state index in [-0.39, 0.29) is 17.9 Å². The maximum Gasteiger partial charge on any atom is 0.247 e. The number of carbonyl (C=O) groups is 2. The molecule has 0 radical (unpaired) electrons. The van der Waals surface area contributed by atoms with Gasteiger partial charge in [-0.1, -0.05) is 24.3 Å². The molecule has 3 rings (SSSR count). The fraction of sp³-hybridized carbons (Fsp3) is 0.333. The third kappa shape index (κ3) is 2.99. The lowest BCUT2D eigenvalue weighted by Gasteiger charge is -2.38. The molecule has 0 saturated carbocycles. The molecule has 2 amide bonds. The number of fused-ring (bicyclic) bond motifs is 1. The molecule has 1 aromatic heterocycles. The summed E-state index contributed by atoms with van der Waals surface area (Å²) in [7, 11) is 0. The topological polar surface area (TPSA) is 62.6 Å². The van der Waals surface area contributed by atoms with E-state index in [0.717, 1.165) is 11.1 Å². The van der Waals surface area contributed by atoms with Crippen molar-refractivity contribution in [3.63, 3.8) is 0 Å². The molecule has 120 valence electrons. The second-order valence-corrected chi connectivity index (χ2v) is 5.97. The molecular formula is C18H20N2O3. The van der Waals surface area contributed by atoms with Crippen LogP contribution in [0.4, 0.5) is 0 Å². The Hall–Kier alpha value is -2.56. The Balaban J connectivity index is 1.88. The number of amides is 2. The first-order chi connectivity index (χ1) is 11.1. The molecule has 0 aliphatic carbocycles. The van der Waals surface area contributed by atoms with E-state index >= 15 is 0 Å². The van der Waals surface area contributed by atoms with E-state index < -0.39 is 6.04 Å². The predicted molar refractivity (Wildman–Crippen MR) is 85.4 cm³/mol.